The van der Waals surface area contributed by atoms with Crippen molar-refractivity contribution in [1.29, 1.82) is 0 Å². The third-order valence-corrected chi connectivity index (χ3v) is 4.82. The van der Waals surface area contributed by atoms with E-state index in [0.29, 0.717) is 18.3 Å². The van der Waals surface area contributed by atoms with Gasteiger partial charge in [-0.2, -0.15) is 10.1 Å². The molecule has 1 fully saturated rings. The van der Waals surface area contributed by atoms with Crippen LogP contribution >= 0.6 is 0 Å². The van der Waals surface area contributed by atoms with Crippen LogP contribution in [0.5, 0.6) is 0 Å². The quantitative estimate of drug-likeness (QED) is 0.709. The molecule has 2 amide bonds. The summed E-state index contributed by atoms with van der Waals surface area (Å²) in [4.78, 5) is 19.1. The molecule has 2 heterocycles. The first-order valence-corrected chi connectivity index (χ1v) is 9.45. The summed E-state index contributed by atoms with van der Waals surface area (Å²) in [6.07, 6.45) is 5.77. The van der Waals surface area contributed by atoms with Gasteiger partial charge in [-0.1, -0.05) is 35.0 Å². The van der Waals surface area contributed by atoms with Crippen LogP contribution < -0.4 is 5.32 Å². The van der Waals surface area contributed by atoms with Gasteiger partial charge in [-0.3, -0.25) is 4.68 Å². The number of carbonyl (C=O) groups is 1. The third-order valence-electron chi connectivity index (χ3n) is 4.82. The summed E-state index contributed by atoms with van der Waals surface area (Å²) in [6, 6.07) is 7.68. The Balaban J connectivity index is 1.42. The van der Waals surface area contributed by atoms with E-state index in [0.717, 1.165) is 24.0 Å². The van der Waals surface area contributed by atoms with Gasteiger partial charge in [0.15, 0.2) is 0 Å². The maximum absolute atomic E-state index is 12.8. The molecular weight excluding hydrogens is 356 g/mol. The summed E-state index contributed by atoms with van der Waals surface area (Å²) in [6.45, 7) is 4.41. The van der Waals surface area contributed by atoms with Gasteiger partial charge < -0.3 is 14.7 Å². The highest BCUT2D eigenvalue weighted by atomic mass is 16.5. The van der Waals surface area contributed by atoms with Crippen LogP contribution in [0.1, 0.15) is 42.8 Å². The predicted molar refractivity (Wildman–Crippen MR) is 103 cm³/mol. The number of nitrogens with one attached hydrogen (secondary N) is 1. The molecule has 1 aliphatic carbocycles. The van der Waals surface area contributed by atoms with E-state index in [1.807, 2.05) is 56.3 Å². The fourth-order valence-electron chi connectivity index (χ4n) is 3.06. The number of amides is 2. The second-order valence-corrected chi connectivity index (χ2v) is 7.37. The molecule has 1 atom stereocenters. The Hall–Kier alpha value is -3.16. The van der Waals surface area contributed by atoms with Crippen molar-refractivity contribution in [3.63, 3.8) is 0 Å². The summed E-state index contributed by atoms with van der Waals surface area (Å²) in [5.41, 5.74) is 3.06. The lowest BCUT2D eigenvalue weighted by atomic mass is 10.1. The topological polar surface area (TPSA) is 89.1 Å². The number of hydrogen-bond donors (Lipinski definition) is 1. The van der Waals surface area contributed by atoms with Crippen LogP contribution in [0.2, 0.25) is 0 Å². The number of nitrogens with zero attached hydrogens (tertiary/aromatic N) is 5. The van der Waals surface area contributed by atoms with Crippen LogP contribution in [-0.4, -0.2) is 36.9 Å². The Morgan fingerprint density at radius 1 is 1.36 bits per heavy atom. The number of benzene rings is 1. The fraction of sp³-hybridized carbons (Fsp3) is 0.400. The zero-order valence-electron chi connectivity index (χ0n) is 16.3. The molecule has 0 spiro atoms. The Morgan fingerprint density at radius 3 is 2.75 bits per heavy atom. The van der Waals surface area contributed by atoms with Crippen molar-refractivity contribution < 1.29 is 9.32 Å². The summed E-state index contributed by atoms with van der Waals surface area (Å²) < 4.78 is 7.12. The Labute approximate surface area is 163 Å². The van der Waals surface area contributed by atoms with Crippen LogP contribution in [0.15, 0.2) is 41.2 Å². The minimum atomic E-state index is -0.380. The molecule has 0 saturated heterocycles. The van der Waals surface area contributed by atoms with Crippen molar-refractivity contribution in [2.45, 2.75) is 45.3 Å². The second kappa shape index (κ2) is 7.46. The average Bonchev–Trinajstić information content (AvgIpc) is 3.23. The van der Waals surface area contributed by atoms with Gasteiger partial charge in [0, 0.05) is 30.4 Å². The number of aryl methyl sites for hydroxylation is 2. The summed E-state index contributed by atoms with van der Waals surface area (Å²) in [7, 11) is 1.87. The van der Waals surface area contributed by atoms with Gasteiger partial charge in [0.25, 0.3) is 0 Å². The Morgan fingerprint density at radius 2 is 2.11 bits per heavy atom. The zero-order chi connectivity index (χ0) is 19.7. The van der Waals surface area contributed by atoms with Gasteiger partial charge in [-0.05, 0) is 26.7 Å². The van der Waals surface area contributed by atoms with Crippen LogP contribution in [0, 0.1) is 6.92 Å². The molecule has 3 aromatic rings. The largest absolute Gasteiger partial charge is 0.337 e. The molecule has 1 unspecified atom stereocenters. The van der Waals surface area contributed by atoms with E-state index in [1.54, 1.807) is 10.9 Å². The lowest BCUT2D eigenvalue weighted by Crippen LogP contribution is -2.42. The lowest BCUT2D eigenvalue weighted by Gasteiger charge is -2.23. The molecule has 0 bridgehead atoms. The molecule has 1 aromatic carbocycles. The first kappa shape index (κ1) is 18.2. The summed E-state index contributed by atoms with van der Waals surface area (Å²) in [5.74, 6) is 0.909. The molecule has 1 saturated carbocycles. The molecule has 1 N–H and O–H groups in total. The van der Waals surface area contributed by atoms with E-state index >= 15 is 0 Å². The normalized spacial score (nSPS) is 14.7. The van der Waals surface area contributed by atoms with E-state index in [1.165, 1.54) is 5.56 Å². The molecule has 28 heavy (non-hydrogen) atoms. The predicted octanol–water partition coefficient (Wildman–Crippen LogP) is 3.21. The van der Waals surface area contributed by atoms with Gasteiger partial charge in [-0.15, -0.1) is 0 Å². The minimum Gasteiger partial charge on any atom is -0.337 e. The highest BCUT2D eigenvalue weighted by Gasteiger charge is 2.34. The van der Waals surface area contributed by atoms with Crippen LogP contribution in [-0.2, 0) is 13.6 Å². The number of aromatic nitrogens is 4. The molecule has 8 heteroatoms. The van der Waals surface area contributed by atoms with Crippen molar-refractivity contribution in [2.24, 2.45) is 7.05 Å². The molecule has 2 aromatic heterocycles. The fourth-order valence-corrected chi connectivity index (χ4v) is 3.06. The van der Waals surface area contributed by atoms with Crippen molar-refractivity contribution in [2.75, 3.05) is 0 Å². The highest BCUT2D eigenvalue weighted by molar-refractivity contribution is 5.75. The molecule has 4 rings (SSSR count). The SMILES string of the molecule is Cc1ccc(-c2noc(C(C)NC(=O)N(Cc3cnn(C)c3)C3CC3)n2)cc1. The summed E-state index contributed by atoms with van der Waals surface area (Å²) in [5, 5.41) is 11.2. The molecule has 1 aliphatic rings. The molecule has 146 valence electrons. The number of carbonyl (C=O) groups excluding carboxylic acids is 1. The van der Waals surface area contributed by atoms with Crippen molar-refractivity contribution >= 4 is 6.03 Å². The molecule has 0 aliphatic heterocycles. The number of rotatable bonds is 6. The van der Waals surface area contributed by atoms with Gasteiger partial charge >= 0.3 is 6.03 Å². The third kappa shape index (κ3) is 4.05. The van der Waals surface area contributed by atoms with E-state index in [-0.39, 0.29) is 18.1 Å². The van der Waals surface area contributed by atoms with Crippen LogP contribution in [0.3, 0.4) is 0 Å². The minimum absolute atomic E-state index is 0.131. The zero-order valence-corrected chi connectivity index (χ0v) is 16.3. The van der Waals surface area contributed by atoms with Gasteiger partial charge in [0.2, 0.25) is 11.7 Å². The van der Waals surface area contributed by atoms with Crippen molar-refractivity contribution in [3.05, 3.63) is 53.7 Å². The molecular formula is C20H24N6O2. The van der Waals surface area contributed by atoms with E-state index in [4.69, 9.17) is 4.52 Å². The van der Waals surface area contributed by atoms with Crippen molar-refractivity contribution in [1.82, 2.24) is 30.1 Å². The van der Waals surface area contributed by atoms with E-state index in [9.17, 15) is 4.79 Å². The Kier molecular flexibility index (Phi) is 4.85. The average molecular weight is 380 g/mol. The summed E-state index contributed by atoms with van der Waals surface area (Å²) >= 11 is 0. The number of urea groups is 1. The highest BCUT2D eigenvalue weighted by Crippen LogP contribution is 2.29. The first-order chi connectivity index (χ1) is 13.5. The van der Waals surface area contributed by atoms with Gasteiger partial charge in [0.1, 0.15) is 6.04 Å². The maximum Gasteiger partial charge on any atom is 0.318 e. The van der Waals surface area contributed by atoms with Gasteiger partial charge in [0.05, 0.1) is 12.7 Å². The molecule has 8 nitrogen and oxygen atoms in total. The maximum atomic E-state index is 12.8. The standard InChI is InChI=1S/C20H24N6O2/c1-13-4-6-16(7-5-13)18-23-19(28-24-18)14(2)22-20(27)26(17-8-9-17)12-15-10-21-25(3)11-15/h4-7,10-11,14,17H,8-9,12H2,1-3H3,(H,22,27). The van der Waals surface area contributed by atoms with Crippen LogP contribution in [0.4, 0.5) is 4.79 Å². The first-order valence-electron chi connectivity index (χ1n) is 9.45. The van der Waals surface area contributed by atoms with E-state index < -0.39 is 0 Å². The smallest absolute Gasteiger partial charge is 0.318 e. The van der Waals surface area contributed by atoms with Crippen molar-refractivity contribution in [3.8, 4) is 11.4 Å². The number of hydrogen-bond acceptors (Lipinski definition) is 5. The molecule has 0 radical (unpaired) electrons. The Bertz CT molecular complexity index is 957. The van der Waals surface area contributed by atoms with Gasteiger partial charge in [-0.25, -0.2) is 4.79 Å². The van der Waals surface area contributed by atoms with Crippen LogP contribution in [0.25, 0.3) is 11.4 Å². The lowest BCUT2D eigenvalue weighted by molar-refractivity contribution is 0.186. The second-order valence-electron chi connectivity index (χ2n) is 7.37. The monoisotopic (exact) mass is 380 g/mol. The van der Waals surface area contributed by atoms with E-state index in [2.05, 4.69) is 20.6 Å².